The number of likely N-dealkylation sites (N-methyl/N-ethyl adjacent to an activating group) is 1. The van der Waals surface area contributed by atoms with Crippen molar-refractivity contribution in [3.63, 3.8) is 0 Å². The van der Waals surface area contributed by atoms with Gasteiger partial charge in [0.25, 0.3) is 0 Å². The SMILES string of the molecule is CN(C)C(=O)CN1CCN(C(C(=O)NC2CC2)c2ccccc2)CC1. The molecule has 0 bridgehead atoms. The number of hydrogen-bond acceptors (Lipinski definition) is 4. The van der Waals surface area contributed by atoms with Crippen molar-refractivity contribution in [3.05, 3.63) is 35.9 Å². The molecule has 1 aliphatic carbocycles. The quantitative estimate of drug-likeness (QED) is 0.826. The average Bonchev–Trinajstić information content (AvgIpc) is 3.41. The summed E-state index contributed by atoms with van der Waals surface area (Å²) in [5.74, 6) is 0.228. The molecule has 2 aliphatic rings. The van der Waals surface area contributed by atoms with Crippen molar-refractivity contribution < 1.29 is 9.59 Å². The largest absolute Gasteiger partial charge is 0.352 e. The third kappa shape index (κ3) is 4.80. The van der Waals surface area contributed by atoms with Gasteiger partial charge in [0.2, 0.25) is 11.8 Å². The molecule has 1 aromatic carbocycles. The summed E-state index contributed by atoms with van der Waals surface area (Å²) < 4.78 is 0. The van der Waals surface area contributed by atoms with E-state index in [1.165, 1.54) is 0 Å². The van der Waals surface area contributed by atoms with Gasteiger partial charge in [0.15, 0.2) is 0 Å². The second kappa shape index (κ2) is 7.97. The van der Waals surface area contributed by atoms with Crippen LogP contribution in [0, 0.1) is 0 Å². The lowest BCUT2D eigenvalue weighted by Gasteiger charge is -2.38. The van der Waals surface area contributed by atoms with Crippen molar-refractivity contribution in [1.82, 2.24) is 20.0 Å². The summed E-state index contributed by atoms with van der Waals surface area (Å²) in [6, 6.07) is 10.1. The third-order valence-electron chi connectivity index (χ3n) is 4.92. The number of benzene rings is 1. The fourth-order valence-corrected chi connectivity index (χ4v) is 3.18. The molecule has 1 N–H and O–H groups in total. The highest BCUT2D eigenvalue weighted by Gasteiger charge is 2.33. The Morgan fingerprint density at radius 2 is 1.76 bits per heavy atom. The normalized spacial score (nSPS) is 20.1. The molecule has 6 nitrogen and oxygen atoms in total. The molecule has 1 heterocycles. The first kappa shape index (κ1) is 17.9. The van der Waals surface area contributed by atoms with E-state index in [1.54, 1.807) is 19.0 Å². The minimum Gasteiger partial charge on any atom is -0.352 e. The number of amides is 2. The first-order valence-corrected chi connectivity index (χ1v) is 9.06. The highest BCUT2D eigenvalue weighted by atomic mass is 16.2. The van der Waals surface area contributed by atoms with Crippen LogP contribution < -0.4 is 5.32 Å². The molecule has 1 atom stereocenters. The van der Waals surface area contributed by atoms with Crippen LogP contribution in [-0.2, 0) is 9.59 Å². The zero-order valence-electron chi connectivity index (χ0n) is 15.1. The van der Waals surface area contributed by atoms with Crippen molar-refractivity contribution in [2.24, 2.45) is 0 Å². The van der Waals surface area contributed by atoms with Crippen LogP contribution in [0.15, 0.2) is 30.3 Å². The van der Waals surface area contributed by atoms with Crippen LogP contribution in [0.4, 0.5) is 0 Å². The lowest BCUT2D eigenvalue weighted by molar-refractivity contribution is -0.132. The highest BCUT2D eigenvalue weighted by Crippen LogP contribution is 2.25. The number of piperazine rings is 1. The van der Waals surface area contributed by atoms with Crippen LogP contribution in [0.2, 0.25) is 0 Å². The van der Waals surface area contributed by atoms with Crippen molar-refractivity contribution in [1.29, 1.82) is 0 Å². The maximum Gasteiger partial charge on any atom is 0.242 e. The number of carbonyl (C=O) groups is 2. The van der Waals surface area contributed by atoms with Gasteiger partial charge in [-0.2, -0.15) is 0 Å². The molecule has 25 heavy (non-hydrogen) atoms. The smallest absolute Gasteiger partial charge is 0.242 e. The first-order valence-electron chi connectivity index (χ1n) is 9.06. The Labute approximate surface area is 149 Å². The Bertz CT molecular complexity index is 593. The summed E-state index contributed by atoms with van der Waals surface area (Å²) >= 11 is 0. The van der Waals surface area contributed by atoms with Crippen LogP contribution in [0.5, 0.6) is 0 Å². The maximum absolute atomic E-state index is 12.8. The monoisotopic (exact) mass is 344 g/mol. The lowest BCUT2D eigenvalue weighted by Crippen LogP contribution is -2.52. The Balaban J connectivity index is 1.64. The van der Waals surface area contributed by atoms with Gasteiger partial charge in [0.05, 0.1) is 6.54 Å². The van der Waals surface area contributed by atoms with Gasteiger partial charge in [-0.25, -0.2) is 0 Å². The number of hydrogen-bond donors (Lipinski definition) is 1. The second-order valence-corrected chi connectivity index (χ2v) is 7.20. The van der Waals surface area contributed by atoms with E-state index in [-0.39, 0.29) is 17.9 Å². The zero-order chi connectivity index (χ0) is 17.8. The molecule has 1 aliphatic heterocycles. The Kier molecular flexibility index (Phi) is 5.71. The molecular formula is C19H28N4O2. The lowest BCUT2D eigenvalue weighted by atomic mass is 10.0. The third-order valence-corrected chi connectivity index (χ3v) is 4.92. The fourth-order valence-electron chi connectivity index (χ4n) is 3.18. The van der Waals surface area contributed by atoms with E-state index in [2.05, 4.69) is 15.1 Å². The topological polar surface area (TPSA) is 55.9 Å². The van der Waals surface area contributed by atoms with Crippen molar-refractivity contribution >= 4 is 11.8 Å². The van der Waals surface area contributed by atoms with Gasteiger partial charge in [-0.3, -0.25) is 19.4 Å². The molecule has 0 spiro atoms. The molecule has 1 unspecified atom stereocenters. The van der Waals surface area contributed by atoms with E-state index in [9.17, 15) is 9.59 Å². The predicted octanol–water partition coefficient (Wildman–Crippen LogP) is 0.712. The fraction of sp³-hybridized carbons (Fsp3) is 0.579. The average molecular weight is 344 g/mol. The molecule has 136 valence electrons. The summed E-state index contributed by atoms with van der Waals surface area (Å²) in [6.07, 6.45) is 2.18. The maximum atomic E-state index is 12.8. The van der Waals surface area contributed by atoms with Crippen LogP contribution >= 0.6 is 0 Å². The molecule has 1 saturated heterocycles. The summed E-state index contributed by atoms with van der Waals surface area (Å²) in [6.45, 7) is 3.64. The molecule has 2 amide bonds. The molecule has 6 heteroatoms. The van der Waals surface area contributed by atoms with Crippen LogP contribution in [0.3, 0.4) is 0 Å². The van der Waals surface area contributed by atoms with E-state index in [0.717, 1.165) is 44.6 Å². The minimum atomic E-state index is -0.242. The van der Waals surface area contributed by atoms with Gasteiger partial charge in [0.1, 0.15) is 6.04 Å². The molecule has 1 saturated carbocycles. The van der Waals surface area contributed by atoms with Crippen LogP contribution in [0.1, 0.15) is 24.4 Å². The Morgan fingerprint density at radius 1 is 1.12 bits per heavy atom. The molecule has 0 radical (unpaired) electrons. The van der Waals surface area contributed by atoms with E-state index >= 15 is 0 Å². The number of rotatable bonds is 6. The molecule has 1 aromatic rings. The van der Waals surface area contributed by atoms with Gasteiger partial charge >= 0.3 is 0 Å². The van der Waals surface area contributed by atoms with Gasteiger partial charge in [0, 0.05) is 46.3 Å². The Morgan fingerprint density at radius 3 is 2.32 bits per heavy atom. The summed E-state index contributed by atoms with van der Waals surface area (Å²) in [5, 5.41) is 3.15. The van der Waals surface area contributed by atoms with Crippen molar-refractivity contribution in [2.45, 2.75) is 24.9 Å². The molecule has 0 aromatic heterocycles. The zero-order valence-corrected chi connectivity index (χ0v) is 15.1. The highest BCUT2D eigenvalue weighted by molar-refractivity contribution is 5.83. The molecule has 3 rings (SSSR count). The predicted molar refractivity (Wildman–Crippen MR) is 97.1 cm³/mol. The number of carbonyl (C=O) groups excluding carboxylic acids is 2. The van der Waals surface area contributed by atoms with Gasteiger partial charge in [-0.15, -0.1) is 0 Å². The van der Waals surface area contributed by atoms with Gasteiger partial charge < -0.3 is 10.2 Å². The summed E-state index contributed by atoms with van der Waals surface area (Å²) in [4.78, 5) is 30.7. The van der Waals surface area contributed by atoms with E-state index < -0.39 is 0 Å². The minimum absolute atomic E-state index is 0.103. The second-order valence-electron chi connectivity index (χ2n) is 7.20. The number of nitrogens with one attached hydrogen (secondary N) is 1. The van der Waals surface area contributed by atoms with E-state index in [1.807, 2.05) is 30.3 Å². The summed E-state index contributed by atoms with van der Waals surface area (Å²) in [5.41, 5.74) is 1.04. The standard InChI is InChI=1S/C19H28N4O2/c1-21(2)17(24)14-22-10-12-23(13-11-22)18(15-6-4-3-5-7-15)19(25)20-16-8-9-16/h3-7,16,18H,8-14H2,1-2H3,(H,20,25). The van der Waals surface area contributed by atoms with Gasteiger partial charge in [-0.1, -0.05) is 30.3 Å². The number of nitrogens with zero attached hydrogens (tertiary/aromatic N) is 3. The van der Waals surface area contributed by atoms with Crippen molar-refractivity contribution in [2.75, 3.05) is 46.8 Å². The molecular weight excluding hydrogens is 316 g/mol. The van der Waals surface area contributed by atoms with Gasteiger partial charge in [-0.05, 0) is 18.4 Å². The van der Waals surface area contributed by atoms with E-state index in [0.29, 0.717) is 12.6 Å². The van der Waals surface area contributed by atoms with Crippen LogP contribution in [-0.4, -0.2) is 79.4 Å². The first-order chi connectivity index (χ1) is 12.0. The summed E-state index contributed by atoms with van der Waals surface area (Å²) in [7, 11) is 3.57. The molecule has 2 fully saturated rings. The Hall–Kier alpha value is -1.92. The van der Waals surface area contributed by atoms with Crippen LogP contribution in [0.25, 0.3) is 0 Å². The van der Waals surface area contributed by atoms with Crippen molar-refractivity contribution in [3.8, 4) is 0 Å². The van der Waals surface area contributed by atoms with E-state index in [4.69, 9.17) is 0 Å².